The molecule has 0 bridgehead atoms. The smallest absolute Gasteiger partial charge is 0.309 e. The van der Waals surface area contributed by atoms with Gasteiger partial charge in [-0.2, -0.15) is 4.72 Å². The Bertz CT molecular complexity index is 622. The molecule has 0 aliphatic carbocycles. The Kier molecular flexibility index (Phi) is 5.31. The van der Waals surface area contributed by atoms with Gasteiger partial charge in [0.1, 0.15) is 17.7 Å². The Morgan fingerprint density at radius 3 is 2.62 bits per heavy atom. The number of aromatic hydroxyl groups is 1. The van der Waals surface area contributed by atoms with E-state index in [9.17, 15) is 24.1 Å². The summed E-state index contributed by atoms with van der Waals surface area (Å²) in [5, 5.41) is 28.7. The van der Waals surface area contributed by atoms with Crippen LogP contribution in [0.3, 0.4) is 0 Å². The Hall–Kier alpha value is -1.52. The first-order chi connectivity index (χ1) is 11.0. The minimum atomic E-state index is -3.39. The van der Waals surface area contributed by atoms with Crippen LogP contribution in [0.1, 0.15) is 32.3 Å². The van der Waals surface area contributed by atoms with Gasteiger partial charge in [0.15, 0.2) is 0 Å². The fourth-order valence-electron chi connectivity index (χ4n) is 2.55. The monoisotopic (exact) mass is 360 g/mol. The number of carboxylic acids is 1. The third-order valence-electron chi connectivity index (χ3n) is 4.09. The zero-order chi connectivity index (χ0) is 18.1. The SMILES string of the molecule is CC(C)(CCCc1ccc(O)c(N2CC(O)NS2(O)O)c1)C(=O)O. The summed E-state index contributed by atoms with van der Waals surface area (Å²) in [6.07, 6.45) is 0.625. The molecule has 1 aromatic carbocycles. The number of nitrogens with one attached hydrogen (secondary N) is 1. The van der Waals surface area contributed by atoms with Gasteiger partial charge in [0.25, 0.3) is 0 Å². The van der Waals surface area contributed by atoms with Crippen LogP contribution >= 0.6 is 11.0 Å². The van der Waals surface area contributed by atoms with E-state index in [2.05, 4.69) is 4.72 Å². The summed E-state index contributed by atoms with van der Waals surface area (Å²) < 4.78 is 23.3. The fourth-order valence-corrected chi connectivity index (χ4v) is 3.88. The van der Waals surface area contributed by atoms with Crippen molar-refractivity contribution in [1.29, 1.82) is 0 Å². The van der Waals surface area contributed by atoms with Crippen LogP contribution in [0.4, 0.5) is 5.69 Å². The number of anilines is 1. The number of aryl methyl sites for hydroxylation is 1. The molecule has 1 aromatic rings. The van der Waals surface area contributed by atoms with Crippen molar-refractivity contribution in [3.63, 3.8) is 0 Å². The van der Waals surface area contributed by atoms with Crippen molar-refractivity contribution in [1.82, 2.24) is 4.72 Å². The maximum absolute atomic E-state index is 11.1. The lowest BCUT2D eigenvalue weighted by Gasteiger charge is -2.37. The molecule has 24 heavy (non-hydrogen) atoms. The van der Waals surface area contributed by atoms with Crippen molar-refractivity contribution in [3.05, 3.63) is 23.8 Å². The van der Waals surface area contributed by atoms with E-state index < -0.39 is 28.6 Å². The maximum atomic E-state index is 11.1. The summed E-state index contributed by atoms with van der Waals surface area (Å²) in [6.45, 7) is 3.28. The van der Waals surface area contributed by atoms with Gasteiger partial charge in [-0.05, 0) is 50.8 Å². The molecule has 0 aromatic heterocycles. The summed E-state index contributed by atoms with van der Waals surface area (Å²) in [7, 11) is -3.39. The minimum absolute atomic E-state index is 0.0641. The molecule has 0 spiro atoms. The Morgan fingerprint density at radius 1 is 1.42 bits per heavy atom. The number of β-amino-alcohol motifs (C(OH)–C–C–N with tert-alkyl or cyclic N) is 1. The second kappa shape index (κ2) is 6.77. The van der Waals surface area contributed by atoms with Crippen LogP contribution in [-0.4, -0.2) is 43.2 Å². The van der Waals surface area contributed by atoms with Crippen LogP contribution < -0.4 is 9.03 Å². The molecule has 1 aliphatic heterocycles. The number of benzene rings is 1. The first kappa shape index (κ1) is 18.8. The molecule has 1 atom stereocenters. The number of phenols is 1. The van der Waals surface area contributed by atoms with Crippen molar-refractivity contribution >= 4 is 22.6 Å². The number of nitrogens with zero attached hydrogens (tertiary/aromatic N) is 1. The van der Waals surface area contributed by atoms with E-state index in [0.717, 1.165) is 9.87 Å². The lowest BCUT2D eigenvalue weighted by atomic mass is 9.87. The molecule has 6 N–H and O–H groups in total. The molecule has 2 rings (SSSR count). The quantitative estimate of drug-likeness (QED) is 0.454. The van der Waals surface area contributed by atoms with Gasteiger partial charge in [-0.25, -0.2) is 0 Å². The molecule has 1 fully saturated rings. The number of phenolic OH excluding ortho intramolecular Hbond substituents is 1. The number of carbonyl (C=O) groups is 1. The predicted octanol–water partition coefficient (Wildman–Crippen LogP) is 2.13. The number of rotatable bonds is 6. The van der Waals surface area contributed by atoms with E-state index in [0.29, 0.717) is 19.3 Å². The van der Waals surface area contributed by atoms with E-state index in [1.54, 1.807) is 26.0 Å². The van der Waals surface area contributed by atoms with Gasteiger partial charge < -0.3 is 15.3 Å². The first-order valence-electron chi connectivity index (χ1n) is 7.59. The number of aliphatic hydroxyl groups is 1. The molecule has 0 radical (unpaired) electrons. The molecule has 8 nitrogen and oxygen atoms in total. The van der Waals surface area contributed by atoms with Gasteiger partial charge >= 0.3 is 5.97 Å². The average Bonchev–Trinajstić information content (AvgIpc) is 2.73. The Labute approximate surface area is 142 Å². The second-order valence-electron chi connectivity index (χ2n) is 6.58. The summed E-state index contributed by atoms with van der Waals surface area (Å²) in [5.74, 6) is -0.972. The molecule has 1 saturated heterocycles. The standard InChI is InChI=1S/C15H24N2O6S/c1-15(2,14(20)21)7-3-4-10-5-6-12(18)11(8-10)17-9-13(19)16-24(17,22)23/h5-6,8,13,16,18-19,22-23H,3-4,7,9H2,1-2H3,(H,20,21). The highest BCUT2D eigenvalue weighted by atomic mass is 32.3. The maximum Gasteiger partial charge on any atom is 0.309 e. The van der Waals surface area contributed by atoms with E-state index in [1.165, 1.54) is 6.07 Å². The normalized spacial score (nSPS) is 21.7. The van der Waals surface area contributed by atoms with Crippen molar-refractivity contribution in [3.8, 4) is 5.75 Å². The van der Waals surface area contributed by atoms with Crippen LogP contribution in [0.15, 0.2) is 18.2 Å². The molecule has 136 valence electrons. The van der Waals surface area contributed by atoms with E-state index >= 15 is 0 Å². The summed E-state index contributed by atoms with van der Waals surface area (Å²) >= 11 is 0. The number of carboxylic acid groups (broad SMARTS) is 1. The number of aliphatic hydroxyl groups excluding tert-OH is 1. The molecule has 1 heterocycles. The number of aliphatic carboxylic acids is 1. The highest BCUT2D eigenvalue weighted by molar-refractivity contribution is 8.24. The van der Waals surface area contributed by atoms with Gasteiger partial charge in [0.2, 0.25) is 0 Å². The minimum Gasteiger partial charge on any atom is -0.506 e. The summed E-state index contributed by atoms with van der Waals surface area (Å²) in [6, 6.07) is 4.78. The molecule has 9 heteroatoms. The second-order valence-corrected chi connectivity index (χ2v) is 8.29. The van der Waals surface area contributed by atoms with Crippen LogP contribution in [0.25, 0.3) is 0 Å². The van der Waals surface area contributed by atoms with Gasteiger partial charge in [-0.15, -0.1) is 0 Å². The van der Waals surface area contributed by atoms with E-state index in [4.69, 9.17) is 5.11 Å². The predicted molar refractivity (Wildman–Crippen MR) is 91.8 cm³/mol. The number of hydrogen-bond donors (Lipinski definition) is 6. The molecular weight excluding hydrogens is 336 g/mol. The lowest BCUT2D eigenvalue weighted by Crippen LogP contribution is -2.25. The van der Waals surface area contributed by atoms with Gasteiger partial charge in [0.05, 0.1) is 12.0 Å². The van der Waals surface area contributed by atoms with Gasteiger partial charge in [0, 0.05) is 0 Å². The lowest BCUT2D eigenvalue weighted by molar-refractivity contribution is -0.147. The van der Waals surface area contributed by atoms with Crippen LogP contribution in [0.5, 0.6) is 5.75 Å². The number of hydrogen-bond acceptors (Lipinski definition) is 7. The van der Waals surface area contributed by atoms with Crippen LogP contribution in [-0.2, 0) is 11.2 Å². The van der Waals surface area contributed by atoms with Gasteiger partial charge in [-0.1, -0.05) is 17.0 Å². The van der Waals surface area contributed by atoms with E-state index in [1.807, 2.05) is 0 Å². The molecule has 0 amide bonds. The average molecular weight is 360 g/mol. The van der Waals surface area contributed by atoms with Crippen LogP contribution in [0, 0.1) is 5.41 Å². The highest BCUT2D eigenvalue weighted by Crippen LogP contribution is 2.49. The fraction of sp³-hybridized carbons (Fsp3) is 0.533. The Morgan fingerprint density at radius 2 is 2.08 bits per heavy atom. The van der Waals surface area contributed by atoms with Crippen LogP contribution in [0.2, 0.25) is 0 Å². The molecular formula is C15H24N2O6S. The molecule has 1 unspecified atom stereocenters. The van der Waals surface area contributed by atoms with E-state index in [-0.39, 0.29) is 18.0 Å². The summed E-state index contributed by atoms with van der Waals surface area (Å²) in [5.41, 5.74) is 0.243. The van der Waals surface area contributed by atoms with Crippen molar-refractivity contribution in [2.24, 2.45) is 5.41 Å². The van der Waals surface area contributed by atoms with Crippen molar-refractivity contribution in [2.75, 3.05) is 10.8 Å². The highest BCUT2D eigenvalue weighted by Gasteiger charge is 2.36. The largest absolute Gasteiger partial charge is 0.506 e. The molecule has 1 aliphatic rings. The first-order valence-corrected chi connectivity index (χ1v) is 9.10. The van der Waals surface area contributed by atoms with Crippen molar-refractivity contribution < 1.29 is 29.2 Å². The summed E-state index contributed by atoms with van der Waals surface area (Å²) in [4.78, 5) is 11.1. The third kappa shape index (κ3) is 4.11. The zero-order valence-corrected chi connectivity index (χ0v) is 14.5. The van der Waals surface area contributed by atoms with Gasteiger partial charge in [-0.3, -0.25) is 18.2 Å². The third-order valence-corrected chi connectivity index (χ3v) is 5.64. The molecule has 0 saturated carbocycles. The zero-order valence-electron chi connectivity index (χ0n) is 13.6. The Balaban J connectivity index is 2.11. The topological polar surface area (TPSA) is 133 Å². The van der Waals surface area contributed by atoms with Crippen molar-refractivity contribution in [2.45, 2.75) is 39.3 Å².